The maximum Gasteiger partial charge on any atom is 0.308 e. The van der Waals surface area contributed by atoms with E-state index >= 15 is 0 Å². The molecule has 4 unspecified atom stereocenters. The van der Waals surface area contributed by atoms with Gasteiger partial charge in [-0.25, -0.2) is 0 Å². The lowest BCUT2D eigenvalue weighted by molar-refractivity contribution is -0.149. The summed E-state index contributed by atoms with van der Waals surface area (Å²) in [6, 6.07) is -0.762. The van der Waals surface area contributed by atoms with Crippen LogP contribution in [0.3, 0.4) is 0 Å². The monoisotopic (exact) mass is 424 g/mol. The number of fused-ring (bicyclic) bond motifs is 1. The van der Waals surface area contributed by atoms with Gasteiger partial charge < -0.3 is 20.0 Å². The van der Waals surface area contributed by atoms with Gasteiger partial charge in [0.05, 0.1) is 23.2 Å². The van der Waals surface area contributed by atoms with E-state index in [2.05, 4.69) is 13.5 Å². The fourth-order valence-corrected chi connectivity index (χ4v) is 8.20. The highest BCUT2D eigenvalue weighted by molar-refractivity contribution is 8.02. The van der Waals surface area contributed by atoms with Crippen molar-refractivity contribution in [1.82, 2.24) is 9.80 Å². The Labute approximate surface area is 176 Å². The molecule has 3 fully saturated rings. The predicted molar refractivity (Wildman–Crippen MR) is 111 cm³/mol. The van der Waals surface area contributed by atoms with Crippen molar-refractivity contribution in [2.45, 2.75) is 62.1 Å². The zero-order chi connectivity index (χ0) is 21.5. The van der Waals surface area contributed by atoms with Gasteiger partial charge in [0, 0.05) is 24.4 Å². The molecule has 3 saturated heterocycles. The van der Waals surface area contributed by atoms with Crippen LogP contribution in [0.5, 0.6) is 0 Å². The Morgan fingerprint density at radius 2 is 2.17 bits per heavy atom. The molecule has 2 amide bonds. The van der Waals surface area contributed by atoms with Crippen LogP contribution >= 0.6 is 11.8 Å². The zero-order valence-corrected chi connectivity index (χ0v) is 18.2. The number of aliphatic carboxylic acids is 1. The summed E-state index contributed by atoms with van der Waals surface area (Å²) in [4.78, 5) is 42.5. The fourth-order valence-electron chi connectivity index (χ4n) is 5.79. The number of likely N-dealkylation sites (tertiary alicyclic amines) is 1. The summed E-state index contributed by atoms with van der Waals surface area (Å²) in [6.45, 7) is 10.0. The number of carbonyl (C=O) groups is 3. The van der Waals surface area contributed by atoms with Crippen molar-refractivity contribution in [2.24, 2.45) is 17.8 Å². The number of β-amino-alcohol motifs (C(OH)–C–C–N with tert-alkyl or cyclic N) is 1. The molecule has 0 aromatic carbocycles. The molecule has 7 nitrogen and oxygen atoms in total. The number of carboxylic acid groups (broad SMARTS) is 1. The maximum absolute atomic E-state index is 13.9. The predicted octanol–water partition coefficient (Wildman–Crippen LogP) is 1.60. The average Bonchev–Trinajstić information content (AvgIpc) is 3.24. The van der Waals surface area contributed by atoms with Crippen LogP contribution in [-0.4, -0.2) is 79.6 Å². The summed E-state index contributed by atoms with van der Waals surface area (Å²) < 4.78 is -0.748. The average molecular weight is 425 g/mol. The van der Waals surface area contributed by atoms with Gasteiger partial charge in [0.15, 0.2) is 0 Å². The molecule has 7 atom stereocenters. The summed E-state index contributed by atoms with van der Waals surface area (Å²) in [7, 11) is 0. The van der Waals surface area contributed by atoms with Crippen LogP contribution in [0, 0.1) is 17.8 Å². The summed E-state index contributed by atoms with van der Waals surface area (Å²) >= 11 is 1.53. The van der Waals surface area contributed by atoms with Gasteiger partial charge in [-0.3, -0.25) is 14.4 Å². The summed E-state index contributed by atoms with van der Waals surface area (Å²) in [6.07, 6.45) is 4.14. The molecule has 3 aliphatic rings. The van der Waals surface area contributed by atoms with Crippen LogP contribution in [0.2, 0.25) is 0 Å². The molecular weight excluding hydrogens is 392 g/mol. The van der Waals surface area contributed by atoms with Crippen molar-refractivity contribution in [3.8, 4) is 0 Å². The number of thioether (sulfide) groups is 1. The van der Waals surface area contributed by atoms with Crippen molar-refractivity contribution >= 4 is 29.5 Å². The van der Waals surface area contributed by atoms with Gasteiger partial charge in [0.25, 0.3) is 0 Å². The van der Waals surface area contributed by atoms with E-state index < -0.39 is 28.6 Å². The highest BCUT2D eigenvalue weighted by Gasteiger charge is 2.76. The first-order chi connectivity index (χ1) is 13.8. The van der Waals surface area contributed by atoms with Crippen LogP contribution in [-0.2, 0) is 14.4 Å². The third kappa shape index (κ3) is 3.19. The number of aliphatic hydroxyl groups is 1. The van der Waals surface area contributed by atoms with E-state index in [1.54, 1.807) is 11.0 Å². The number of carboxylic acids is 1. The highest BCUT2D eigenvalue weighted by Crippen LogP contribution is 2.68. The van der Waals surface area contributed by atoms with E-state index in [4.69, 9.17) is 0 Å². The second kappa shape index (κ2) is 8.30. The van der Waals surface area contributed by atoms with Crippen molar-refractivity contribution in [1.29, 1.82) is 0 Å². The highest BCUT2D eigenvalue weighted by atomic mass is 32.2. The number of amides is 2. The molecule has 3 aliphatic heterocycles. The minimum atomic E-state index is -0.964. The number of hydrogen-bond acceptors (Lipinski definition) is 5. The lowest BCUT2D eigenvalue weighted by Crippen LogP contribution is -2.58. The number of aliphatic hydroxyl groups excluding tert-OH is 1. The quantitative estimate of drug-likeness (QED) is 0.546. The van der Waals surface area contributed by atoms with Crippen molar-refractivity contribution in [3.05, 3.63) is 12.7 Å². The molecule has 0 aromatic rings. The van der Waals surface area contributed by atoms with Gasteiger partial charge >= 0.3 is 5.97 Å². The van der Waals surface area contributed by atoms with E-state index in [-0.39, 0.29) is 42.2 Å². The second-order valence-corrected chi connectivity index (χ2v) is 10.1. The second-order valence-electron chi connectivity index (χ2n) is 8.56. The minimum absolute atomic E-state index is 0.0128. The number of rotatable bonds is 9. The molecule has 3 rings (SSSR count). The molecule has 0 saturated carbocycles. The Balaban J connectivity index is 2.07. The Morgan fingerprint density at radius 3 is 2.72 bits per heavy atom. The number of carbonyl (C=O) groups excluding carboxylic acids is 2. The summed E-state index contributed by atoms with van der Waals surface area (Å²) in [5.41, 5.74) is 0. The van der Waals surface area contributed by atoms with E-state index in [1.807, 2.05) is 13.8 Å². The summed E-state index contributed by atoms with van der Waals surface area (Å²) in [5, 5.41) is 19.3. The van der Waals surface area contributed by atoms with Gasteiger partial charge in [-0.15, -0.1) is 18.3 Å². The molecule has 0 aromatic heterocycles. The zero-order valence-electron chi connectivity index (χ0n) is 17.4. The standard InChI is InChI=1S/C21H32N2O5S/c1-5-7-13(4)22(8-6-2)19(26)17-21-12(3)11-14(29-21)15(20(27)28)16(21)18(25)23(17)9-10-24/h6,12-17,24H,2,5,7-11H2,1,3-4H3,(H,27,28)/t12?,13?,14-,15+,16-,17?,21?/m0/s1. The van der Waals surface area contributed by atoms with E-state index in [9.17, 15) is 24.6 Å². The first kappa shape index (κ1) is 22.2. The van der Waals surface area contributed by atoms with Crippen LogP contribution < -0.4 is 0 Å². The van der Waals surface area contributed by atoms with Gasteiger partial charge in [-0.2, -0.15) is 0 Å². The van der Waals surface area contributed by atoms with Crippen molar-refractivity contribution < 1.29 is 24.6 Å². The van der Waals surface area contributed by atoms with Crippen molar-refractivity contribution in [2.75, 3.05) is 19.7 Å². The van der Waals surface area contributed by atoms with Crippen LogP contribution in [0.25, 0.3) is 0 Å². The topological polar surface area (TPSA) is 98.2 Å². The lowest BCUT2D eigenvalue weighted by Gasteiger charge is -2.41. The lowest BCUT2D eigenvalue weighted by atomic mass is 9.66. The molecule has 0 radical (unpaired) electrons. The Morgan fingerprint density at radius 1 is 1.48 bits per heavy atom. The van der Waals surface area contributed by atoms with Gasteiger partial charge in [-0.1, -0.05) is 26.3 Å². The van der Waals surface area contributed by atoms with Crippen LogP contribution in [0.1, 0.15) is 40.0 Å². The van der Waals surface area contributed by atoms with E-state index in [0.29, 0.717) is 13.0 Å². The first-order valence-electron chi connectivity index (χ1n) is 10.5. The first-order valence-corrected chi connectivity index (χ1v) is 11.4. The largest absolute Gasteiger partial charge is 0.481 e. The Kier molecular flexibility index (Phi) is 6.34. The molecule has 3 heterocycles. The van der Waals surface area contributed by atoms with Gasteiger partial charge in [0.1, 0.15) is 6.04 Å². The normalized spacial score (nSPS) is 36.2. The minimum Gasteiger partial charge on any atom is -0.481 e. The number of hydrogen-bond donors (Lipinski definition) is 2. The molecule has 1 spiro atoms. The van der Waals surface area contributed by atoms with Crippen LogP contribution in [0.15, 0.2) is 12.7 Å². The fraction of sp³-hybridized carbons (Fsp3) is 0.762. The molecule has 0 aliphatic carbocycles. The third-order valence-electron chi connectivity index (χ3n) is 6.95. The van der Waals surface area contributed by atoms with E-state index in [0.717, 1.165) is 12.8 Å². The van der Waals surface area contributed by atoms with Crippen LogP contribution in [0.4, 0.5) is 0 Å². The molecule has 2 N–H and O–H groups in total. The SMILES string of the molecule is C=CCN(C(=O)C1N(CCO)C(=O)[C@@H]2[C@H](C(=O)O)[C@@H]3CC(C)C12S3)C(C)CCC. The Bertz CT molecular complexity index is 701. The van der Waals surface area contributed by atoms with Crippen molar-refractivity contribution in [3.63, 3.8) is 0 Å². The molecular formula is C21H32N2O5S. The molecule has 29 heavy (non-hydrogen) atoms. The molecule has 162 valence electrons. The smallest absolute Gasteiger partial charge is 0.308 e. The summed E-state index contributed by atoms with van der Waals surface area (Å²) in [5.74, 6) is -2.86. The third-order valence-corrected chi connectivity index (χ3v) is 9.03. The molecule has 2 bridgehead atoms. The Hall–Kier alpha value is -1.54. The maximum atomic E-state index is 13.9. The number of nitrogens with zero attached hydrogens (tertiary/aromatic N) is 2. The van der Waals surface area contributed by atoms with E-state index in [1.165, 1.54) is 16.7 Å². The van der Waals surface area contributed by atoms with Gasteiger partial charge in [0.2, 0.25) is 11.8 Å². The van der Waals surface area contributed by atoms with Gasteiger partial charge in [-0.05, 0) is 25.7 Å². The molecule has 8 heteroatoms.